The second-order valence-electron chi connectivity index (χ2n) is 6.24. The van der Waals surface area contributed by atoms with Gasteiger partial charge < -0.3 is 9.84 Å². The number of fused-ring (bicyclic) bond motifs is 1. The van der Waals surface area contributed by atoms with Crippen molar-refractivity contribution >= 4 is 16.8 Å². The minimum absolute atomic E-state index is 0.161. The minimum Gasteiger partial charge on any atom is -0.364 e. The fourth-order valence-electron chi connectivity index (χ4n) is 2.97. The Bertz CT molecular complexity index is 1010. The molecule has 0 fully saturated rings. The lowest BCUT2D eigenvalue weighted by Crippen LogP contribution is -2.07. The van der Waals surface area contributed by atoms with Gasteiger partial charge in [0.2, 0.25) is 0 Å². The summed E-state index contributed by atoms with van der Waals surface area (Å²) in [5.74, 6) is 0.806. The van der Waals surface area contributed by atoms with Crippen LogP contribution in [0.1, 0.15) is 24.1 Å². The standard InChI is InChI=1S/C21H19N3O/c1-14-7-6-10-17(11-14)21-18-12-20(22-13-19(18)25-24-21)23-15(2)16-8-4-3-5-9-16/h3-13,15H,1-2H3,(H,22,23)/t15-/m0/s1. The number of pyridine rings is 1. The summed E-state index contributed by atoms with van der Waals surface area (Å²) in [6.07, 6.45) is 1.72. The smallest absolute Gasteiger partial charge is 0.185 e. The SMILES string of the molecule is Cc1cccc(-c2noc3cnc(N[C@@H](C)c4ccccc4)cc23)c1. The first-order valence-corrected chi connectivity index (χ1v) is 8.34. The van der Waals surface area contributed by atoms with E-state index in [0.717, 1.165) is 22.5 Å². The molecule has 0 radical (unpaired) electrons. The zero-order chi connectivity index (χ0) is 17.2. The van der Waals surface area contributed by atoms with E-state index in [2.05, 4.69) is 53.6 Å². The number of hydrogen-bond donors (Lipinski definition) is 1. The fraction of sp³-hybridized carbons (Fsp3) is 0.143. The van der Waals surface area contributed by atoms with Gasteiger partial charge in [0, 0.05) is 11.6 Å². The van der Waals surface area contributed by atoms with E-state index in [1.165, 1.54) is 11.1 Å². The molecule has 2 aromatic heterocycles. The lowest BCUT2D eigenvalue weighted by molar-refractivity contribution is 0.458. The van der Waals surface area contributed by atoms with Crippen LogP contribution in [-0.4, -0.2) is 10.1 Å². The predicted octanol–water partition coefficient (Wildman–Crippen LogP) is 5.37. The Morgan fingerprint density at radius 3 is 2.64 bits per heavy atom. The highest BCUT2D eigenvalue weighted by Crippen LogP contribution is 2.30. The number of nitrogens with one attached hydrogen (secondary N) is 1. The van der Waals surface area contributed by atoms with Crippen LogP contribution in [0.5, 0.6) is 0 Å². The van der Waals surface area contributed by atoms with E-state index in [-0.39, 0.29) is 6.04 Å². The molecular formula is C21H19N3O. The summed E-state index contributed by atoms with van der Waals surface area (Å²) in [5, 5.41) is 8.65. The van der Waals surface area contributed by atoms with Crippen molar-refractivity contribution < 1.29 is 4.52 Å². The quantitative estimate of drug-likeness (QED) is 0.547. The van der Waals surface area contributed by atoms with Crippen molar-refractivity contribution in [3.8, 4) is 11.3 Å². The van der Waals surface area contributed by atoms with Gasteiger partial charge in [-0.25, -0.2) is 4.98 Å². The van der Waals surface area contributed by atoms with E-state index in [9.17, 15) is 0 Å². The number of anilines is 1. The van der Waals surface area contributed by atoms with Crippen LogP contribution in [0.4, 0.5) is 5.82 Å². The van der Waals surface area contributed by atoms with Gasteiger partial charge in [-0.15, -0.1) is 0 Å². The number of benzene rings is 2. The molecule has 1 atom stereocenters. The van der Waals surface area contributed by atoms with E-state index in [1.807, 2.05) is 36.4 Å². The lowest BCUT2D eigenvalue weighted by Gasteiger charge is -2.14. The third-order valence-corrected chi connectivity index (χ3v) is 4.31. The van der Waals surface area contributed by atoms with Crippen LogP contribution in [-0.2, 0) is 0 Å². The predicted molar refractivity (Wildman–Crippen MR) is 100 cm³/mol. The van der Waals surface area contributed by atoms with Crippen LogP contribution in [0, 0.1) is 6.92 Å². The molecule has 0 unspecified atom stereocenters. The van der Waals surface area contributed by atoms with Crippen molar-refractivity contribution in [3.63, 3.8) is 0 Å². The largest absolute Gasteiger partial charge is 0.364 e. The van der Waals surface area contributed by atoms with Gasteiger partial charge in [-0.3, -0.25) is 0 Å². The first kappa shape index (κ1) is 15.4. The third kappa shape index (κ3) is 3.11. The molecule has 2 heterocycles. The second kappa shape index (κ2) is 6.40. The number of aryl methyl sites for hydroxylation is 1. The van der Waals surface area contributed by atoms with Crippen molar-refractivity contribution in [2.24, 2.45) is 0 Å². The molecule has 4 rings (SSSR count). The summed E-state index contributed by atoms with van der Waals surface area (Å²) in [5.41, 5.74) is 4.99. The molecule has 4 aromatic rings. The van der Waals surface area contributed by atoms with E-state index in [4.69, 9.17) is 4.52 Å². The lowest BCUT2D eigenvalue weighted by atomic mass is 10.1. The normalized spacial score (nSPS) is 12.2. The first-order chi connectivity index (χ1) is 12.2. The van der Waals surface area contributed by atoms with Gasteiger partial charge in [0.25, 0.3) is 0 Å². The summed E-state index contributed by atoms with van der Waals surface area (Å²) in [4.78, 5) is 4.45. The monoisotopic (exact) mass is 329 g/mol. The van der Waals surface area contributed by atoms with Crippen molar-refractivity contribution in [3.05, 3.63) is 78.0 Å². The van der Waals surface area contributed by atoms with Gasteiger partial charge in [-0.05, 0) is 31.5 Å². The van der Waals surface area contributed by atoms with Gasteiger partial charge in [-0.1, -0.05) is 59.3 Å². The molecule has 2 aromatic carbocycles. The van der Waals surface area contributed by atoms with Gasteiger partial charge in [0.1, 0.15) is 11.5 Å². The Morgan fingerprint density at radius 2 is 1.84 bits per heavy atom. The fourth-order valence-corrected chi connectivity index (χ4v) is 2.97. The van der Waals surface area contributed by atoms with E-state index in [1.54, 1.807) is 6.20 Å². The Morgan fingerprint density at radius 1 is 1.00 bits per heavy atom. The number of rotatable bonds is 4. The van der Waals surface area contributed by atoms with Crippen LogP contribution in [0.3, 0.4) is 0 Å². The maximum atomic E-state index is 5.45. The number of aromatic nitrogens is 2. The molecule has 0 amide bonds. The molecule has 0 saturated heterocycles. The van der Waals surface area contributed by atoms with Crippen molar-refractivity contribution in [1.82, 2.24) is 10.1 Å². The minimum atomic E-state index is 0.161. The van der Waals surface area contributed by atoms with Crippen LogP contribution in [0.2, 0.25) is 0 Å². The van der Waals surface area contributed by atoms with E-state index >= 15 is 0 Å². The Hall–Kier alpha value is -3.14. The van der Waals surface area contributed by atoms with Gasteiger partial charge in [0.15, 0.2) is 5.58 Å². The molecule has 124 valence electrons. The molecule has 0 saturated carbocycles. The Kier molecular flexibility index (Phi) is 3.94. The zero-order valence-corrected chi connectivity index (χ0v) is 14.2. The summed E-state index contributed by atoms with van der Waals surface area (Å²) in [7, 11) is 0. The molecule has 0 aliphatic rings. The number of nitrogens with zero attached hydrogens (tertiary/aromatic N) is 2. The van der Waals surface area contributed by atoms with Crippen molar-refractivity contribution in [1.29, 1.82) is 0 Å². The van der Waals surface area contributed by atoms with Gasteiger partial charge >= 0.3 is 0 Å². The zero-order valence-electron chi connectivity index (χ0n) is 14.2. The molecule has 4 nitrogen and oxygen atoms in total. The second-order valence-corrected chi connectivity index (χ2v) is 6.24. The van der Waals surface area contributed by atoms with E-state index in [0.29, 0.717) is 5.58 Å². The Labute approximate surface area is 146 Å². The van der Waals surface area contributed by atoms with Gasteiger partial charge in [-0.2, -0.15) is 0 Å². The molecule has 0 aliphatic heterocycles. The average molecular weight is 329 g/mol. The highest BCUT2D eigenvalue weighted by atomic mass is 16.5. The van der Waals surface area contributed by atoms with Crippen LogP contribution in [0.15, 0.2) is 71.4 Å². The highest BCUT2D eigenvalue weighted by molar-refractivity contribution is 5.92. The van der Waals surface area contributed by atoms with Crippen LogP contribution in [0.25, 0.3) is 22.2 Å². The van der Waals surface area contributed by atoms with Crippen molar-refractivity contribution in [2.75, 3.05) is 5.32 Å². The molecule has 25 heavy (non-hydrogen) atoms. The highest BCUT2D eigenvalue weighted by Gasteiger charge is 2.13. The molecule has 4 heteroatoms. The summed E-state index contributed by atoms with van der Waals surface area (Å²) in [6.45, 7) is 4.19. The molecule has 1 N–H and O–H groups in total. The summed E-state index contributed by atoms with van der Waals surface area (Å²) >= 11 is 0. The van der Waals surface area contributed by atoms with E-state index < -0.39 is 0 Å². The third-order valence-electron chi connectivity index (χ3n) is 4.31. The molecule has 0 bridgehead atoms. The summed E-state index contributed by atoms with van der Waals surface area (Å²) in [6, 6.07) is 20.7. The molecule has 0 aliphatic carbocycles. The molecule has 0 spiro atoms. The van der Waals surface area contributed by atoms with Crippen LogP contribution < -0.4 is 5.32 Å². The average Bonchev–Trinajstić information content (AvgIpc) is 3.06. The molecular weight excluding hydrogens is 310 g/mol. The maximum Gasteiger partial charge on any atom is 0.185 e. The first-order valence-electron chi connectivity index (χ1n) is 8.34. The summed E-state index contributed by atoms with van der Waals surface area (Å²) < 4.78 is 5.45. The number of hydrogen-bond acceptors (Lipinski definition) is 4. The van der Waals surface area contributed by atoms with Gasteiger partial charge in [0.05, 0.1) is 11.6 Å². The Balaban J connectivity index is 1.69. The topological polar surface area (TPSA) is 51.0 Å². The maximum absolute atomic E-state index is 5.45. The van der Waals surface area contributed by atoms with Crippen molar-refractivity contribution in [2.45, 2.75) is 19.9 Å². The van der Waals surface area contributed by atoms with Crippen LogP contribution >= 0.6 is 0 Å².